The molecule has 2 amide bonds. The molecule has 0 radical (unpaired) electrons. The van der Waals surface area contributed by atoms with Crippen LogP contribution in [0.25, 0.3) is 0 Å². The van der Waals surface area contributed by atoms with E-state index in [0.717, 1.165) is 25.1 Å². The van der Waals surface area contributed by atoms with E-state index in [-0.39, 0.29) is 49.1 Å². The first kappa shape index (κ1) is 22.6. The van der Waals surface area contributed by atoms with Gasteiger partial charge in [0, 0.05) is 38.4 Å². The second-order valence-electron chi connectivity index (χ2n) is 5.65. The highest BCUT2D eigenvalue weighted by Crippen LogP contribution is 2.09. The van der Waals surface area contributed by atoms with Gasteiger partial charge in [0.25, 0.3) is 0 Å². The summed E-state index contributed by atoms with van der Waals surface area (Å²) in [6.45, 7) is 2.33. The van der Waals surface area contributed by atoms with Crippen LogP contribution in [0.4, 0.5) is 0 Å². The highest BCUT2D eigenvalue weighted by Gasteiger charge is 2.21. The molecule has 136 valence electrons. The summed E-state index contributed by atoms with van der Waals surface area (Å²) in [6.07, 6.45) is 4.36. The lowest BCUT2D eigenvalue weighted by molar-refractivity contribution is -0.133. The number of piperidine rings is 1. The van der Waals surface area contributed by atoms with Crippen LogP contribution in [0.5, 0.6) is 0 Å². The Balaban J connectivity index is 0.00000264. The van der Waals surface area contributed by atoms with Gasteiger partial charge in [-0.15, -0.1) is 24.8 Å². The molecule has 1 aliphatic rings. The normalized spacial score (nSPS) is 16.3. The Hall–Kier alpha value is -1.37. The third-order valence-electron chi connectivity index (χ3n) is 3.94. The van der Waals surface area contributed by atoms with Crippen molar-refractivity contribution in [3.05, 3.63) is 30.1 Å². The Labute approximate surface area is 155 Å². The van der Waals surface area contributed by atoms with E-state index in [0.29, 0.717) is 19.5 Å². The molecule has 24 heavy (non-hydrogen) atoms. The lowest BCUT2D eigenvalue weighted by Gasteiger charge is -2.22. The van der Waals surface area contributed by atoms with E-state index < -0.39 is 0 Å². The molecule has 1 aliphatic heterocycles. The molecule has 2 rings (SSSR count). The number of pyridine rings is 1. The van der Waals surface area contributed by atoms with Crippen molar-refractivity contribution in [2.75, 3.05) is 33.2 Å². The molecular weight excluding hydrogens is 351 g/mol. The van der Waals surface area contributed by atoms with Crippen LogP contribution in [0.15, 0.2) is 24.4 Å². The van der Waals surface area contributed by atoms with Crippen molar-refractivity contribution in [3.8, 4) is 0 Å². The molecule has 0 bridgehead atoms. The number of hydrogen-bond acceptors (Lipinski definition) is 4. The highest BCUT2D eigenvalue weighted by atomic mass is 35.5. The summed E-state index contributed by atoms with van der Waals surface area (Å²) < 4.78 is 0. The molecule has 1 atom stereocenters. The van der Waals surface area contributed by atoms with E-state index in [4.69, 9.17) is 0 Å². The van der Waals surface area contributed by atoms with E-state index in [9.17, 15) is 9.59 Å². The fraction of sp³-hybridized carbons (Fsp3) is 0.562. The number of rotatable bonds is 6. The Morgan fingerprint density at radius 3 is 2.79 bits per heavy atom. The summed E-state index contributed by atoms with van der Waals surface area (Å²) in [7, 11) is 1.75. The summed E-state index contributed by atoms with van der Waals surface area (Å²) in [5, 5.41) is 5.95. The fourth-order valence-electron chi connectivity index (χ4n) is 2.47. The quantitative estimate of drug-likeness (QED) is 0.777. The third-order valence-corrected chi connectivity index (χ3v) is 3.94. The molecule has 0 spiro atoms. The predicted molar refractivity (Wildman–Crippen MR) is 98.7 cm³/mol. The molecule has 6 nitrogen and oxygen atoms in total. The van der Waals surface area contributed by atoms with Crippen molar-refractivity contribution >= 4 is 36.6 Å². The number of hydrogen-bond donors (Lipinski definition) is 2. The molecule has 0 aromatic carbocycles. The van der Waals surface area contributed by atoms with Crippen molar-refractivity contribution in [1.29, 1.82) is 0 Å². The molecule has 1 saturated heterocycles. The first-order chi connectivity index (χ1) is 10.7. The lowest BCUT2D eigenvalue weighted by atomic mass is 9.99. The molecule has 0 aliphatic carbocycles. The fourth-order valence-corrected chi connectivity index (χ4v) is 2.47. The van der Waals surface area contributed by atoms with E-state index in [2.05, 4.69) is 15.6 Å². The molecule has 2 N–H and O–H groups in total. The topological polar surface area (TPSA) is 74.3 Å². The van der Waals surface area contributed by atoms with Gasteiger partial charge in [0.05, 0.1) is 12.5 Å². The van der Waals surface area contributed by atoms with E-state index in [1.54, 1.807) is 18.1 Å². The highest BCUT2D eigenvalue weighted by molar-refractivity contribution is 5.86. The second kappa shape index (κ2) is 12.1. The molecule has 1 fully saturated rings. The van der Waals surface area contributed by atoms with Gasteiger partial charge in [0.15, 0.2) is 0 Å². The predicted octanol–water partition coefficient (Wildman–Crippen LogP) is 1.04. The van der Waals surface area contributed by atoms with Gasteiger partial charge >= 0.3 is 0 Å². The van der Waals surface area contributed by atoms with E-state index >= 15 is 0 Å². The van der Waals surface area contributed by atoms with Gasteiger partial charge in [-0.3, -0.25) is 14.6 Å². The standard InChI is InChI=1S/C16H24N4O2.2ClH/c1-20(10-7-14-6-2-3-9-18-14)15(21)12-19-16(22)13-5-4-8-17-11-13;;/h2-3,6,9,13,17H,4-5,7-8,10-12H2,1H3,(H,19,22);2*1H. The van der Waals surface area contributed by atoms with Crippen molar-refractivity contribution in [3.63, 3.8) is 0 Å². The molecule has 1 aromatic rings. The van der Waals surface area contributed by atoms with Crippen LogP contribution in [-0.4, -0.2) is 54.9 Å². The molecule has 8 heteroatoms. The summed E-state index contributed by atoms with van der Waals surface area (Å²) >= 11 is 0. The zero-order chi connectivity index (χ0) is 15.8. The van der Waals surface area contributed by atoms with Gasteiger partial charge in [-0.2, -0.15) is 0 Å². The van der Waals surface area contributed by atoms with Crippen LogP contribution >= 0.6 is 24.8 Å². The van der Waals surface area contributed by atoms with E-state index in [1.807, 2.05) is 18.2 Å². The van der Waals surface area contributed by atoms with Crippen LogP contribution in [0.2, 0.25) is 0 Å². The second-order valence-corrected chi connectivity index (χ2v) is 5.65. The van der Waals surface area contributed by atoms with Crippen molar-refractivity contribution in [1.82, 2.24) is 20.5 Å². The lowest BCUT2D eigenvalue weighted by Crippen LogP contribution is -2.44. The maximum atomic E-state index is 12.0. The molecule has 1 aromatic heterocycles. The van der Waals surface area contributed by atoms with Crippen LogP contribution in [0.1, 0.15) is 18.5 Å². The number of carbonyl (C=O) groups is 2. The Morgan fingerprint density at radius 2 is 2.17 bits per heavy atom. The Morgan fingerprint density at radius 1 is 1.38 bits per heavy atom. The molecule has 2 heterocycles. The minimum Gasteiger partial charge on any atom is -0.347 e. The number of carbonyl (C=O) groups excluding carboxylic acids is 2. The van der Waals surface area contributed by atoms with Gasteiger partial charge < -0.3 is 15.5 Å². The Bertz CT molecular complexity index is 496. The SMILES string of the molecule is CN(CCc1ccccn1)C(=O)CNC(=O)C1CCCNC1.Cl.Cl. The first-order valence-electron chi connectivity index (χ1n) is 7.79. The summed E-state index contributed by atoms with van der Waals surface area (Å²) in [5.74, 6) is -0.118. The van der Waals surface area contributed by atoms with Crippen LogP contribution in [-0.2, 0) is 16.0 Å². The minimum atomic E-state index is -0.0759. The smallest absolute Gasteiger partial charge is 0.241 e. The van der Waals surface area contributed by atoms with E-state index in [1.165, 1.54) is 0 Å². The average molecular weight is 377 g/mol. The van der Waals surface area contributed by atoms with Gasteiger partial charge in [-0.25, -0.2) is 0 Å². The van der Waals surface area contributed by atoms with Crippen molar-refractivity contribution in [2.45, 2.75) is 19.3 Å². The first-order valence-corrected chi connectivity index (χ1v) is 7.79. The van der Waals surface area contributed by atoms with Crippen molar-refractivity contribution in [2.24, 2.45) is 5.92 Å². The minimum absolute atomic E-state index is 0. The van der Waals surface area contributed by atoms with Crippen LogP contribution in [0, 0.1) is 5.92 Å². The monoisotopic (exact) mass is 376 g/mol. The number of amides is 2. The largest absolute Gasteiger partial charge is 0.347 e. The van der Waals surface area contributed by atoms with Crippen molar-refractivity contribution < 1.29 is 9.59 Å². The number of nitrogens with zero attached hydrogens (tertiary/aromatic N) is 2. The van der Waals surface area contributed by atoms with Gasteiger partial charge in [0.1, 0.15) is 0 Å². The molecule has 0 saturated carbocycles. The van der Waals surface area contributed by atoms with Crippen LogP contribution in [0.3, 0.4) is 0 Å². The maximum Gasteiger partial charge on any atom is 0.241 e. The zero-order valence-corrected chi connectivity index (χ0v) is 15.5. The Kier molecular flexibility index (Phi) is 11.4. The number of nitrogens with one attached hydrogen (secondary N) is 2. The molecule has 1 unspecified atom stereocenters. The third kappa shape index (κ3) is 7.47. The average Bonchev–Trinajstić information content (AvgIpc) is 2.58. The molecular formula is C16H26Cl2N4O2. The summed E-state index contributed by atoms with van der Waals surface area (Å²) in [4.78, 5) is 29.9. The van der Waals surface area contributed by atoms with Gasteiger partial charge in [-0.1, -0.05) is 6.07 Å². The zero-order valence-electron chi connectivity index (χ0n) is 13.9. The van der Waals surface area contributed by atoms with Crippen LogP contribution < -0.4 is 10.6 Å². The summed E-state index contributed by atoms with van der Waals surface area (Å²) in [6, 6.07) is 5.74. The number of likely N-dealkylation sites (N-methyl/N-ethyl adjacent to an activating group) is 1. The summed E-state index contributed by atoms with van der Waals surface area (Å²) in [5.41, 5.74) is 0.958. The number of aromatic nitrogens is 1. The number of halogens is 2. The maximum absolute atomic E-state index is 12.0. The van der Waals surface area contributed by atoms with Gasteiger partial charge in [0.2, 0.25) is 11.8 Å². The van der Waals surface area contributed by atoms with Gasteiger partial charge in [-0.05, 0) is 31.5 Å².